The summed E-state index contributed by atoms with van der Waals surface area (Å²) in [6.45, 7) is 1.43. The zero-order valence-electron chi connectivity index (χ0n) is 9.57. The molecule has 102 valence electrons. The SMILES string of the molecule is C[C@H](C(=O)O)c1cn2cc(C(F)(F)F)cc(I)c2n1. The Morgan fingerprint density at radius 2 is 2.11 bits per heavy atom. The fourth-order valence-electron chi connectivity index (χ4n) is 1.57. The number of carboxylic acid groups (broad SMARTS) is 1. The van der Waals surface area contributed by atoms with E-state index in [2.05, 4.69) is 4.98 Å². The van der Waals surface area contributed by atoms with Crippen molar-refractivity contribution in [2.75, 3.05) is 0 Å². The van der Waals surface area contributed by atoms with Crippen LogP contribution in [0.3, 0.4) is 0 Å². The minimum Gasteiger partial charge on any atom is -0.481 e. The van der Waals surface area contributed by atoms with E-state index in [0.29, 0.717) is 9.22 Å². The molecular formula is C11H8F3IN2O2. The fourth-order valence-corrected chi connectivity index (χ4v) is 2.30. The minimum atomic E-state index is -4.45. The molecule has 2 rings (SSSR count). The number of halogens is 4. The lowest BCUT2D eigenvalue weighted by molar-refractivity contribution is -0.139. The molecule has 2 aromatic rings. The van der Waals surface area contributed by atoms with Gasteiger partial charge in [-0.05, 0) is 35.6 Å². The number of rotatable bonds is 2. The second kappa shape index (κ2) is 4.66. The molecule has 0 aromatic carbocycles. The maximum Gasteiger partial charge on any atom is 0.417 e. The van der Waals surface area contributed by atoms with Gasteiger partial charge in [0.1, 0.15) is 0 Å². The maximum absolute atomic E-state index is 12.7. The third-order valence-corrected chi connectivity index (χ3v) is 3.46. The van der Waals surface area contributed by atoms with Crippen LogP contribution in [0.25, 0.3) is 5.65 Å². The highest BCUT2D eigenvalue weighted by Crippen LogP contribution is 2.31. The topological polar surface area (TPSA) is 54.6 Å². The molecule has 0 fully saturated rings. The highest BCUT2D eigenvalue weighted by atomic mass is 127. The summed E-state index contributed by atoms with van der Waals surface area (Å²) in [7, 11) is 0. The molecule has 1 atom stereocenters. The summed E-state index contributed by atoms with van der Waals surface area (Å²) in [6.07, 6.45) is -2.23. The lowest BCUT2D eigenvalue weighted by Crippen LogP contribution is -2.07. The summed E-state index contributed by atoms with van der Waals surface area (Å²) in [4.78, 5) is 14.9. The molecule has 0 spiro atoms. The smallest absolute Gasteiger partial charge is 0.417 e. The van der Waals surface area contributed by atoms with Gasteiger partial charge in [-0.25, -0.2) is 4.98 Å². The van der Waals surface area contributed by atoms with Gasteiger partial charge in [-0.1, -0.05) is 0 Å². The van der Waals surface area contributed by atoms with E-state index in [1.807, 2.05) is 0 Å². The molecule has 8 heteroatoms. The van der Waals surface area contributed by atoms with Gasteiger partial charge in [0.15, 0.2) is 5.65 Å². The quantitative estimate of drug-likeness (QED) is 0.810. The number of carboxylic acids is 1. The van der Waals surface area contributed by atoms with Crippen LogP contribution in [-0.2, 0) is 11.0 Å². The molecule has 0 aliphatic rings. The molecule has 0 saturated heterocycles. The summed E-state index contributed by atoms with van der Waals surface area (Å²) >= 11 is 1.75. The zero-order chi connectivity index (χ0) is 14.4. The van der Waals surface area contributed by atoms with Crippen molar-refractivity contribution >= 4 is 34.2 Å². The Morgan fingerprint density at radius 3 is 2.63 bits per heavy atom. The third kappa shape index (κ3) is 2.67. The number of carbonyl (C=O) groups is 1. The van der Waals surface area contributed by atoms with E-state index in [1.54, 1.807) is 22.6 Å². The van der Waals surface area contributed by atoms with Crippen LogP contribution in [0.2, 0.25) is 0 Å². The van der Waals surface area contributed by atoms with E-state index < -0.39 is 23.6 Å². The molecule has 0 radical (unpaired) electrons. The van der Waals surface area contributed by atoms with Gasteiger partial charge in [0.2, 0.25) is 0 Å². The second-order valence-corrected chi connectivity index (χ2v) is 5.19. The lowest BCUT2D eigenvalue weighted by Gasteiger charge is -2.07. The first kappa shape index (κ1) is 14.1. The van der Waals surface area contributed by atoms with Crippen LogP contribution < -0.4 is 0 Å². The fraction of sp³-hybridized carbons (Fsp3) is 0.273. The molecule has 0 unspecified atom stereocenters. The van der Waals surface area contributed by atoms with Crippen LogP contribution in [-0.4, -0.2) is 20.5 Å². The molecule has 0 saturated carbocycles. The van der Waals surface area contributed by atoms with E-state index in [4.69, 9.17) is 5.11 Å². The normalized spacial score (nSPS) is 13.7. The number of hydrogen-bond acceptors (Lipinski definition) is 2. The van der Waals surface area contributed by atoms with Crippen molar-refractivity contribution in [2.24, 2.45) is 0 Å². The van der Waals surface area contributed by atoms with Crippen molar-refractivity contribution < 1.29 is 23.1 Å². The highest BCUT2D eigenvalue weighted by molar-refractivity contribution is 14.1. The van der Waals surface area contributed by atoms with Gasteiger partial charge in [-0.3, -0.25) is 4.79 Å². The molecular weight excluding hydrogens is 376 g/mol. The minimum absolute atomic E-state index is 0.227. The van der Waals surface area contributed by atoms with Gasteiger partial charge in [-0.15, -0.1) is 0 Å². The van der Waals surface area contributed by atoms with Crippen molar-refractivity contribution in [3.8, 4) is 0 Å². The van der Waals surface area contributed by atoms with Gasteiger partial charge in [0.25, 0.3) is 0 Å². The summed E-state index contributed by atoms with van der Waals surface area (Å²) < 4.78 is 39.5. The number of fused-ring (bicyclic) bond motifs is 1. The molecule has 0 bridgehead atoms. The van der Waals surface area contributed by atoms with Crippen molar-refractivity contribution in [3.05, 3.63) is 33.3 Å². The Morgan fingerprint density at radius 1 is 1.47 bits per heavy atom. The standard InChI is InChI=1S/C11H8F3IN2O2/c1-5(10(18)19)8-4-17-3-6(11(12,13)14)2-7(15)9(17)16-8/h2-5H,1H3,(H,18,19)/t5-/m0/s1. The predicted octanol–water partition coefficient (Wildman–Crippen LogP) is 3.15. The van der Waals surface area contributed by atoms with Crippen LogP contribution in [0.15, 0.2) is 18.5 Å². The summed E-state index contributed by atoms with van der Waals surface area (Å²) in [6, 6.07) is 0.984. The number of nitrogens with zero attached hydrogens (tertiary/aromatic N) is 2. The number of pyridine rings is 1. The number of aliphatic carboxylic acids is 1. The van der Waals surface area contributed by atoms with Crippen molar-refractivity contribution in [2.45, 2.75) is 19.0 Å². The van der Waals surface area contributed by atoms with Crippen LogP contribution >= 0.6 is 22.6 Å². The average molecular weight is 384 g/mol. The summed E-state index contributed by atoms with van der Waals surface area (Å²) in [5, 5.41) is 8.88. The van der Waals surface area contributed by atoms with Gasteiger partial charge in [0.05, 0.1) is 20.7 Å². The highest BCUT2D eigenvalue weighted by Gasteiger charge is 2.32. The number of hydrogen-bond donors (Lipinski definition) is 1. The largest absolute Gasteiger partial charge is 0.481 e. The Balaban J connectivity index is 2.60. The first-order valence-electron chi connectivity index (χ1n) is 5.18. The first-order valence-corrected chi connectivity index (χ1v) is 6.26. The maximum atomic E-state index is 12.7. The van der Waals surface area contributed by atoms with E-state index in [0.717, 1.165) is 12.3 Å². The number of aromatic nitrogens is 2. The second-order valence-electron chi connectivity index (χ2n) is 4.03. The number of imidazole rings is 1. The molecule has 1 N–H and O–H groups in total. The van der Waals surface area contributed by atoms with Crippen LogP contribution in [0, 0.1) is 3.57 Å². The van der Waals surface area contributed by atoms with Gasteiger partial charge >= 0.3 is 12.1 Å². The molecule has 4 nitrogen and oxygen atoms in total. The van der Waals surface area contributed by atoms with E-state index in [9.17, 15) is 18.0 Å². The summed E-state index contributed by atoms with van der Waals surface area (Å²) in [5.41, 5.74) is -0.252. The van der Waals surface area contributed by atoms with E-state index in [-0.39, 0.29) is 5.69 Å². The Bertz CT molecular complexity index is 651. The number of alkyl halides is 3. The first-order chi connectivity index (χ1) is 8.70. The van der Waals surface area contributed by atoms with E-state index in [1.165, 1.54) is 17.5 Å². The monoisotopic (exact) mass is 384 g/mol. The predicted molar refractivity (Wildman–Crippen MR) is 69.0 cm³/mol. The Hall–Kier alpha value is -1.32. The van der Waals surface area contributed by atoms with Gasteiger partial charge < -0.3 is 9.51 Å². The lowest BCUT2D eigenvalue weighted by atomic mass is 10.1. The molecule has 0 aliphatic carbocycles. The molecule has 19 heavy (non-hydrogen) atoms. The van der Waals surface area contributed by atoms with Crippen LogP contribution in [0.1, 0.15) is 24.1 Å². The molecule has 0 aliphatic heterocycles. The molecule has 2 aromatic heterocycles. The van der Waals surface area contributed by atoms with Crippen LogP contribution in [0.5, 0.6) is 0 Å². The third-order valence-electron chi connectivity index (χ3n) is 2.67. The molecule has 2 heterocycles. The van der Waals surface area contributed by atoms with Crippen molar-refractivity contribution in [3.63, 3.8) is 0 Å². The van der Waals surface area contributed by atoms with Crippen molar-refractivity contribution in [1.29, 1.82) is 0 Å². The van der Waals surface area contributed by atoms with Crippen molar-refractivity contribution in [1.82, 2.24) is 9.38 Å². The average Bonchev–Trinajstić information content (AvgIpc) is 2.70. The van der Waals surface area contributed by atoms with Crippen LogP contribution in [0.4, 0.5) is 13.2 Å². The van der Waals surface area contributed by atoms with Gasteiger partial charge in [-0.2, -0.15) is 13.2 Å². The van der Waals surface area contributed by atoms with Gasteiger partial charge in [0, 0.05) is 12.4 Å². The zero-order valence-corrected chi connectivity index (χ0v) is 11.7. The van der Waals surface area contributed by atoms with E-state index >= 15 is 0 Å². The Labute approximate surface area is 119 Å². The summed E-state index contributed by atoms with van der Waals surface area (Å²) in [5.74, 6) is -1.94. The molecule has 0 amide bonds. The Kier molecular flexibility index (Phi) is 3.45.